The lowest BCUT2D eigenvalue weighted by Crippen LogP contribution is -2.12. The summed E-state index contributed by atoms with van der Waals surface area (Å²) in [5.41, 5.74) is 2.28. The first-order chi connectivity index (χ1) is 13.3. The molecule has 0 aliphatic rings. The van der Waals surface area contributed by atoms with Crippen molar-refractivity contribution < 1.29 is 18.3 Å². The minimum absolute atomic E-state index is 0.0149. The van der Waals surface area contributed by atoms with Crippen LogP contribution in [0.2, 0.25) is 10.0 Å². The first-order valence-corrected chi connectivity index (χ1v) is 10.8. The summed E-state index contributed by atoms with van der Waals surface area (Å²) in [7, 11) is -3.69. The SMILES string of the molecule is O=C(O)c1ccc(-c2ccccc2)cc1CCS(=O)(=O)c1cc(Cl)cc(Cl)c1. The minimum Gasteiger partial charge on any atom is -0.478 e. The van der Waals surface area contributed by atoms with Gasteiger partial charge in [0.05, 0.1) is 16.2 Å². The van der Waals surface area contributed by atoms with E-state index in [0.29, 0.717) is 5.56 Å². The van der Waals surface area contributed by atoms with Crippen LogP contribution in [0.5, 0.6) is 0 Å². The standard InChI is InChI=1S/C21H16Cl2O4S/c22-17-11-18(23)13-19(12-17)28(26,27)9-8-16-10-15(6-7-20(16)21(24)25)14-4-2-1-3-5-14/h1-7,10-13H,8-9H2,(H,24,25). The molecule has 0 amide bonds. The summed E-state index contributed by atoms with van der Waals surface area (Å²) >= 11 is 11.8. The molecule has 28 heavy (non-hydrogen) atoms. The van der Waals surface area contributed by atoms with Crippen LogP contribution in [0, 0.1) is 0 Å². The third kappa shape index (κ3) is 4.73. The van der Waals surface area contributed by atoms with Crippen LogP contribution in [0.1, 0.15) is 15.9 Å². The molecule has 0 aliphatic heterocycles. The summed E-state index contributed by atoms with van der Waals surface area (Å²) in [6, 6.07) is 18.5. The second kappa shape index (κ2) is 8.35. The number of halogens is 2. The van der Waals surface area contributed by atoms with E-state index in [1.807, 2.05) is 30.3 Å². The summed E-state index contributed by atoms with van der Waals surface area (Å²) < 4.78 is 25.4. The van der Waals surface area contributed by atoms with Gasteiger partial charge in [-0.05, 0) is 47.4 Å². The van der Waals surface area contributed by atoms with Crippen molar-refractivity contribution in [2.45, 2.75) is 11.3 Å². The molecule has 3 aromatic rings. The zero-order valence-electron chi connectivity index (χ0n) is 14.6. The van der Waals surface area contributed by atoms with Crippen molar-refractivity contribution in [1.29, 1.82) is 0 Å². The van der Waals surface area contributed by atoms with E-state index in [4.69, 9.17) is 23.2 Å². The molecule has 1 N–H and O–H groups in total. The van der Waals surface area contributed by atoms with E-state index >= 15 is 0 Å². The highest BCUT2D eigenvalue weighted by Crippen LogP contribution is 2.26. The van der Waals surface area contributed by atoms with Gasteiger partial charge in [0.15, 0.2) is 9.84 Å². The molecule has 0 bridgehead atoms. The van der Waals surface area contributed by atoms with Gasteiger partial charge in [0.25, 0.3) is 0 Å². The van der Waals surface area contributed by atoms with Crippen molar-refractivity contribution in [2.75, 3.05) is 5.75 Å². The molecule has 0 fully saturated rings. The zero-order valence-corrected chi connectivity index (χ0v) is 16.9. The van der Waals surface area contributed by atoms with Crippen LogP contribution in [0.3, 0.4) is 0 Å². The van der Waals surface area contributed by atoms with Gasteiger partial charge >= 0.3 is 5.97 Å². The molecule has 144 valence electrons. The number of carboxylic acids is 1. The predicted octanol–water partition coefficient (Wildman–Crippen LogP) is 5.38. The third-order valence-electron chi connectivity index (χ3n) is 4.28. The Kier molecular flexibility index (Phi) is 6.08. The molecule has 7 heteroatoms. The number of aromatic carboxylic acids is 1. The second-order valence-electron chi connectivity index (χ2n) is 6.22. The van der Waals surface area contributed by atoms with Crippen molar-refractivity contribution in [3.8, 4) is 11.1 Å². The Morgan fingerprint density at radius 2 is 1.50 bits per heavy atom. The molecule has 0 radical (unpaired) electrons. The number of aryl methyl sites for hydroxylation is 1. The minimum atomic E-state index is -3.69. The molecule has 0 saturated carbocycles. The first kappa shape index (κ1) is 20.4. The fourth-order valence-corrected chi connectivity index (χ4v) is 4.88. The topological polar surface area (TPSA) is 71.4 Å². The van der Waals surface area contributed by atoms with E-state index < -0.39 is 15.8 Å². The van der Waals surface area contributed by atoms with Crippen molar-refractivity contribution in [3.05, 3.63) is 87.9 Å². The lowest BCUT2D eigenvalue weighted by molar-refractivity contribution is 0.0695. The van der Waals surface area contributed by atoms with Crippen LogP contribution in [-0.4, -0.2) is 25.2 Å². The normalized spacial score (nSPS) is 11.4. The van der Waals surface area contributed by atoms with Gasteiger partial charge in [0, 0.05) is 10.0 Å². The van der Waals surface area contributed by atoms with E-state index in [1.54, 1.807) is 12.1 Å². The first-order valence-electron chi connectivity index (χ1n) is 8.37. The largest absolute Gasteiger partial charge is 0.478 e. The second-order valence-corrected chi connectivity index (χ2v) is 9.20. The highest BCUT2D eigenvalue weighted by molar-refractivity contribution is 7.91. The van der Waals surface area contributed by atoms with Gasteiger partial charge in [-0.3, -0.25) is 0 Å². The Labute approximate surface area is 173 Å². The smallest absolute Gasteiger partial charge is 0.335 e. The number of carbonyl (C=O) groups is 1. The number of rotatable bonds is 6. The van der Waals surface area contributed by atoms with Crippen LogP contribution in [-0.2, 0) is 16.3 Å². The van der Waals surface area contributed by atoms with Crippen LogP contribution >= 0.6 is 23.2 Å². The third-order valence-corrected chi connectivity index (χ3v) is 6.41. The Bertz CT molecular complexity index is 1110. The molecule has 4 nitrogen and oxygen atoms in total. The van der Waals surface area contributed by atoms with Crippen molar-refractivity contribution in [2.24, 2.45) is 0 Å². The molecule has 0 atom stereocenters. The van der Waals surface area contributed by atoms with Crippen LogP contribution < -0.4 is 0 Å². The lowest BCUT2D eigenvalue weighted by Gasteiger charge is -2.11. The van der Waals surface area contributed by atoms with Gasteiger partial charge in [-0.15, -0.1) is 0 Å². The monoisotopic (exact) mass is 434 g/mol. The highest BCUT2D eigenvalue weighted by atomic mass is 35.5. The summed E-state index contributed by atoms with van der Waals surface area (Å²) in [4.78, 5) is 11.6. The van der Waals surface area contributed by atoms with Crippen LogP contribution in [0.25, 0.3) is 11.1 Å². The molecule has 0 saturated heterocycles. The summed E-state index contributed by atoms with van der Waals surface area (Å²) in [6.07, 6.45) is 0.0504. The van der Waals surface area contributed by atoms with Crippen molar-refractivity contribution in [3.63, 3.8) is 0 Å². The Hall–Kier alpha value is -2.34. The zero-order chi connectivity index (χ0) is 20.3. The van der Waals surface area contributed by atoms with E-state index in [9.17, 15) is 18.3 Å². The highest BCUT2D eigenvalue weighted by Gasteiger charge is 2.19. The fourth-order valence-electron chi connectivity index (χ4n) is 2.89. The van der Waals surface area contributed by atoms with Crippen molar-refractivity contribution in [1.82, 2.24) is 0 Å². The van der Waals surface area contributed by atoms with E-state index in [2.05, 4.69) is 0 Å². The van der Waals surface area contributed by atoms with Gasteiger partial charge in [-0.25, -0.2) is 13.2 Å². The average molecular weight is 435 g/mol. The van der Waals surface area contributed by atoms with Gasteiger partial charge in [0.1, 0.15) is 0 Å². The molecule has 0 heterocycles. The molecule has 3 aromatic carbocycles. The number of hydrogen-bond acceptors (Lipinski definition) is 3. The molecule has 3 rings (SSSR count). The van der Waals surface area contributed by atoms with Gasteiger partial charge in [-0.2, -0.15) is 0 Å². The number of carboxylic acid groups (broad SMARTS) is 1. The maximum atomic E-state index is 12.7. The quantitative estimate of drug-likeness (QED) is 0.565. The lowest BCUT2D eigenvalue weighted by atomic mass is 9.98. The van der Waals surface area contributed by atoms with E-state index in [1.165, 1.54) is 24.3 Å². The molecule has 0 spiro atoms. The fraction of sp³-hybridized carbons (Fsp3) is 0.0952. The molecular formula is C21H16Cl2O4S. The maximum Gasteiger partial charge on any atom is 0.335 e. The van der Waals surface area contributed by atoms with Gasteiger partial charge < -0.3 is 5.11 Å². The summed E-state index contributed by atoms with van der Waals surface area (Å²) in [6.45, 7) is 0. The Balaban J connectivity index is 1.93. The maximum absolute atomic E-state index is 12.7. The van der Waals surface area contributed by atoms with Crippen LogP contribution in [0.4, 0.5) is 0 Å². The summed E-state index contributed by atoms with van der Waals surface area (Å²) in [5, 5.41) is 9.91. The van der Waals surface area contributed by atoms with Gasteiger partial charge in [-0.1, -0.05) is 65.7 Å². The predicted molar refractivity (Wildman–Crippen MR) is 111 cm³/mol. The van der Waals surface area contributed by atoms with E-state index in [-0.39, 0.29) is 32.7 Å². The Morgan fingerprint density at radius 1 is 0.857 bits per heavy atom. The number of sulfone groups is 1. The van der Waals surface area contributed by atoms with Crippen molar-refractivity contribution >= 4 is 39.0 Å². The van der Waals surface area contributed by atoms with E-state index in [0.717, 1.165) is 11.1 Å². The molecule has 0 aromatic heterocycles. The number of hydrogen-bond donors (Lipinski definition) is 1. The average Bonchev–Trinajstić information content (AvgIpc) is 2.66. The van der Waals surface area contributed by atoms with Gasteiger partial charge in [0.2, 0.25) is 0 Å². The number of benzene rings is 3. The van der Waals surface area contributed by atoms with Crippen LogP contribution in [0.15, 0.2) is 71.6 Å². The Morgan fingerprint density at radius 3 is 2.11 bits per heavy atom. The molecular weight excluding hydrogens is 419 g/mol. The molecule has 0 unspecified atom stereocenters. The molecule has 0 aliphatic carbocycles. The summed E-state index contributed by atoms with van der Waals surface area (Å²) in [5.74, 6) is -1.36.